The Balaban J connectivity index is 2.32. The molecule has 2 unspecified atom stereocenters. The first-order chi connectivity index (χ1) is 8.24. The molecule has 106 valence electrons. The van der Waals surface area contributed by atoms with Crippen LogP contribution in [0.15, 0.2) is 0 Å². The number of nitrogens with zero attached hydrogens (tertiary/aromatic N) is 2. The second-order valence-electron chi connectivity index (χ2n) is 6.62. The van der Waals surface area contributed by atoms with Crippen molar-refractivity contribution >= 4 is 17.2 Å². The molecular formula is C14H29N3S. The molecule has 2 N–H and O–H groups in total. The first-order valence-corrected chi connectivity index (χ1v) is 7.33. The van der Waals surface area contributed by atoms with Crippen molar-refractivity contribution < 1.29 is 0 Å². The van der Waals surface area contributed by atoms with E-state index in [1.165, 1.54) is 26.1 Å². The average molecular weight is 271 g/mol. The van der Waals surface area contributed by atoms with Crippen LogP contribution in [0.2, 0.25) is 0 Å². The summed E-state index contributed by atoms with van der Waals surface area (Å²) in [5.74, 6) is 0.767. The molecule has 1 saturated heterocycles. The lowest BCUT2D eigenvalue weighted by atomic mass is 9.88. The number of rotatable bonds is 6. The summed E-state index contributed by atoms with van der Waals surface area (Å²) in [4.78, 5) is 5.57. The molecule has 1 heterocycles. The van der Waals surface area contributed by atoms with E-state index in [0.29, 0.717) is 11.0 Å². The van der Waals surface area contributed by atoms with Gasteiger partial charge >= 0.3 is 0 Å². The van der Waals surface area contributed by atoms with Crippen LogP contribution in [0.4, 0.5) is 0 Å². The Morgan fingerprint density at radius 1 is 1.39 bits per heavy atom. The van der Waals surface area contributed by atoms with Crippen LogP contribution in [-0.2, 0) is 0 Å². The molecule has 1 aliphatic rings. The van der Waals surface area contributed by atoms with Gasteiger partial charge in [0, 0.05) is 24.5 Å². The van der Waals surface area contributed by atoms with Gasteiger partial charge in [0.1, 0.15) is 0 Å². The molecule has 0 saturated carbocycles. The van der Waals surface area contributed by atoms with Crippen LogP contribution in [0.25, 0.3) is 0 Å². The fourth-order valence-electron chi connectivity index (χ4n) is 2.77. The fourth-order valence-corrected chi connectivity index (χ4v) is 2.87. The van der Waals surface area contributed by atoms with Crippen molar-refractivity contribution in [1.82, 2.24) is 9.80 Å². The predicted octanol–water partition coefficient (Wildman–Crippen LogP) is 1.96. The molecule has 0 aromatic heterocycles. The van der Waals surface area contributed by atoms with Gasteiger partial charge in [0.05, 0.1) is 4.99 Å². The summed E-state index contributed by atoms with van der Waals surface area (Å²) in [6.45, 7) is 10.2. The summed E-state index contributed by atoms with van der Waals surface area (Å²) in [5.41, 5.74) is 5.76. The van der Waals surface area contributed by atoms with Crippen molar-refractivity contribution in [3.63, 3.8) is 0 Å². The van der Waals surface area contributed by atoms with Gasteiger partial charge in [-0.1, -0.05) is 33.0 Å². The van der Waals surface area contributed by atoms with E-state index in [0.717, 1.165) is 12.3 Å². The number of likely N-dealkylation sites (tertiary alicyclic amines) is 1. The van der Waals surface area contributed by atoms with E-state index in [4.69, 9.17) is 18.0 Å². The highest BCUT2D eigenvalue weighted by atomic mass is 32.1. The minimum Gasteiger partial charge on any atom is -0.393 e. The Bertz CT molecular complexity index is 289. The van der Waals surface area contributed by atoms with Gasteiger partial charge in [-0.3, -0.25) is 0 Å². The fraction of sp³-hybridized carbons (Fsp3) is 0.929. The van der Waals surface area contributed by atoms with E-state index >= 15 is 0 Å². The molecule has 1 rings (SSSR count). The van der Waals surface area contributed by atoms with Crippen LogP contribution in [0.5, 0.6) is 0 Å². The SMILES string of the molecule is CC1CN(CCCC(C)(C)C(N)=S)CC1N(C)C. The molecule has 2 atom stereocenters. The molecule has 0 amide bonds. The normalized spacial score (nSPS) is 25.9. The predicted molar refractivity (Wildman–Crippen MR) is 82.9 cm³/mol. The van der Waals surface area contributed by atoms with E-state index < -0.39 is 0 Å². The summed E-state index contributed by atoms with van der Waals surface area (Å²) in [7, 11) is 4.36. The monoisotopic (exact) mass is 271 g/mol. The smallest absolute Gasteiger partial charge is 0.0784 e. The summed E-state index contributed by atoms with van der Waals surface area (Å²) in [6.07, 6.45) is 2.26. The second-order valence-corrected chi connectivity index (χ2v) is 7.06. The third kappa shape index (κ3) is 4.18. The van der Waals surface area contributed by atoms with Gasteiger partial charge in [-0.25, -0.2) is 0 Å². The standard InChI is InChI=1S/C14H29N3S/c1-11-9-17(10-12(11)16(4)5)8-6-7-14(2,3)13(15)18/h11-12H,6-10H2,1-5H3,(H2,15,18). The summed E-state index contributed by atoms with van der Waals surface area (Å²) < 4.78 is 0. The molecule has 1 aliphatic heterocycles. The van der Waals surface area contributed by atoms with Crippen LogP contribution in [0.3, 0.4) is 0 Å². The third-order valence-corrected chi connectivity index (χ3v) is 4.81. The molecule has 0 spiro atoms. The molecule has 3 nitrogen and oxygen atoms in total. The van der Waals surface area contributed by atoms with Gasteiger partial charge in [0.2, 0.25) is 0 Å². The molecule has 4 heteroatoms. The molecule has 0 aromatic carbocycles. The quantitative estimate of drug-likeness (QED) is 0.749. The van der Waals surface area contributed by atoms with Gasteiger partial charge in [0.15, 0.2) is 0 Å². The average Bonchev–Trinajstić information content (AvgIpc) is 2.59. The van der Waals surface area contributed by atoms with E-state index in [9.17, 15) is 0 Å². The second kappa shape index (κ2) is 6.31. The number of likely N-dealkylation sites (N-methyl/N-ethyl adjacent to an activating group) is 1. The molecule has 0 aromatic rings. The highest BCUT2D eigenvalue weighted by Crippen LogP contribution is 2.25. The molecule has 18 heavy (non-hydrogen) atoms. The van der Waals surface area contributed by atoms with E-state index in [1.807, 2.05) is 0 Å². The third-order valence-electron chi connectivity index (χ3n) is 4.25. The largest absolute Gasteiger partial charge is 0.393 e. The lowest BCUT2D eigenvalue weighted by Crippen LogP contribution is -2.35. The van der Waals surface area contributed by atoms with Crippen LogP contribution >= 0.6 is 12.2 Å². The van der Waals surface area contributed by atoms with Crippen molar-refractivity contribution in [1.29, 1.82) is 0 Å². The molecule has 0 bridgehead atoms. The highest BCUT2D eigenvalue weighted by molar-refractivity contribution is 7.80. The molecular weight excluding hydrogens is 242 g/mol. The Kier molecular flexibility index (Phi) is 5.56. The van der Waals surface area contributed by atoms with E-state index in [-0.39, 0.29) is 5.41 Å². The van der Waals surface area contributed by atoms with Gasteiger partial charge < -0.3 is 15.5 Å². The van der Waals surface area contributed by atoms with E-state index in [1.54, 1.807) is 0 Å². The Labute approximate surface area is 118 Å². The summed E-state index contributed by atoms with van der Waals surface area (Å²) >= 11 is 5.11. The number of thiocarbonyl (C=S) groups is 1. The van der Waals surface area contributed by atoms with Crippen LogP contribution in [-0.4, -0.2) is 54.6 Å². The first kappa shape index (κ1) is 15.9. The minimum atomic E-state index is 0.00161. The topological polar surface area (TPSA) is 32.5 Å². The van der Waals surface area contributed by atoms with Gasteiger partial charge in [-0.2, -0.15) is 0 Å². The lowest BCUT2D eigenvalue weighted by Gasteiger charge is -2.25. The van der Waals surface area contributed by atoms with Crippen molar-refractivity contribution in [2.75, 3.05) is 33.7 Å². The molecule has 1 fully saturated rings. The van der Waals surface area contributed by atoms with Crippen molar-refractivity contribution in [2.24, 2.45) is 17.1 Å². The maximum Gasteiger partial charge on any atom is 0.0784 e. The minimum absolute atomic E-state index is 0.00161. The van der Waals surface area contributed by atoms with Gasteiger partial charge in [-0.15, -0.1) is 0 Å². The first-order valence-electron chi connectivity index (χ1n) is 6.92. The number of nitrogens with two attached hydrogens (primary N) is 1. The van der Waals surface area contributed by atoms with Crippen LogP contribution < -0.4 is 5.73 Å². The van der Waals surface area contributed by atoms with Crippen LogP contribution in [0.1, 0.15) is 33.6 Å². The Morgan fingerprint density at radius 3 is 2.44 bits per heavy atom. The summed E-state index contributed by atoms with van der Waals surface area (Å²) in [5, 5.41) is 0. The molecule has 0 radical (unpaired) electrons. The zero-order valence-corrected chi connectivity index (χ0v) is 13.4. The van der Waals surface area contributed by atoms with Crippen molar-refractivity contribution in [3.8, 4) is 0 Å². The highest BCUT2D eigenvalue weighted by Gasteiger charge is 2.31. The maximum absolute atomic E-state index is 5.76. The summed E-state index contributed by atoms with van der Waals surface area (Å²) in [6, 6.07) is 0.702. The van der Waals surface area contributed by atoms with Crippen molar-refractivity contribution in [3.05, 3.63) is 0 Å². The number of hydrogen-bond donors (Lipinski definition) is 1. The van der Waals surface area contributed by atoms with Crippen LogP contribution in [0, 0.1) is 11.3 Å². The lowest BCUT2D eigenvalue weighted by molar-refractivity contribution is 0.248. The Morgan fingerprint density at radius 2 is 2.00 bits per heavy atom. The van der Waals surface area contributed by atoms with E-state index in [2.05, 4.69) is 44.7 Å². The van der Waals surface area contributed by atoms with Gasteiger partial charge in [-0.05, 0) is 39.4 Å². The zero-order valence-electron chi connectivity index (χ0n) is 12.6. The van der Waals surface area contributed by atoms with Crippen molar-refractivity contribution in [2.45, 2.75) is 39.7 Å². The Hall–Kier alpha value is -0.190. The zero-order chi connectivity index (χ0) is 13.9. The van der Waals surface area contributed by atoms with Gasteiger partial charge in [0.25, 0.3) is 0 Å². The number of hydrogen-bond acceptors (Lipinski definition) is 3. The molecule has 0 aliphatic carbocycles. The maximum atomic E-state index is 5.76.